The second-order valence-electron chi connectivity index (χ2n) is 4.06. The highest BCUT2D eigenvalue weighted by molar-refractivity contribution is 5.86. The molecule has 0 amide bonds. The van der Waals surface area contributed by atoms with E-state index >= 15 is 0 Å². The van der Waals surface area contributed by atoms with E-state index < -0.39 is 0 Å². The van der Waals surface area contributed by atoms with Crippen molar-refractivity contribution >= 4 is 16.3 Å². The first-order valence-corrected chi connectivity index (χ1v) is 6.16. The lowest BCUT2D eigenvalue weighted by atomic mass is 10.1. The number of nitrogens with zero attached hydrogens (tertiary/aromatic N) is 1. The summed E-state index contributed by atoms with van der Waals surface area (Å²) in [5.74, 6) is 0. The Balaban J connectivity index is 2.51. The Hall–Kier alpha value is -2.15. The molecule has 0 aliphatic heterocycles. The molecule has 0 bridgehead atoms. The monoisotopic (exact) mass is 235 g/mol. The summed E-state index contributed by atoms with van der Waals surface area (Å²) >= 11 is 0. The lowest BCUT2D eigenvalue weighted by molar-refractivity contribution is 1.31. The Labute approximate surface area is 108 Å². The van der Waals surface area contributed by atoms with E-state index in [4.69, 9.17) is 0 Å². The van der Waals surface area contributed by atoms with Crippen LogP contribution in [0.2, 0.25) is 0 Å². The first-order chi connectivity index (χ1) is 8.85. The fourth-order valence-corrected chi connectivity index (χ4v) is 1.85. The zero-order valence-corrected chi connectivity index (χ0v) is 10.8. The van der Waals surface area contributed by atoms with Crippen LogP contribution in [0.15, 0.2) is 66.9 Å². The lowest BCUT2D eigenvalue weighted by Gasteiger charge is -2.03. The largest absolute Gasteiger partial charge is 0.256 e. The van der Waals surface area contributed by atoms with Crippen molar-refractivity contribution in [2.75, 3.05) is 0 Å². The van der Waals surface area contributed by atoms with Crippen molar-refractivity contribution in [1.82, 2.24) is 4.98 Å². The number of benzene rings is 1. The zero-order chi connectivity index (χ0) is 12.8. The number of hydrogen-bond acceptors (Lipinski definition) is 1. The van der Waals surface area contributed by atoms with E-state index in [1.165, 1.54) is 10.8 Å². The van der Waals surface area contributed by atoms with Crippen molar-refractivity contribution in [2.24, 2.45) is 0 Å². The van der Waals surface area contributed by atoms with Gasteiger partial charge in [0.05, 0.1) is 5.69 Å². The smallest absolute Gasteiger partial charge is 0.0708 e. The van der Waals surface area contributed by atoms with E-state index in [0.717, 1.165) is 11.3 Å². The summed E-state index contributed by atoms with van der Waals surface area (Å²) in [6.45, 7) is 4.03. The van der Waals surface area contributed by atoms with Crippen LogP contribution in [0.4, 0.5) is 0 Å². The van der Waals surface area contributed by atoms with Crippen LogP contribution in [-0.4, -0.2) is 4.98 Å². The molecule has 1 heterocycles. The van der Waals surface area contributed by atoms with Gasteiger partial charge in [-0.15, -0.1) is 0 Å². The summed E-state index contributed by atoms with van der Waals surface area (Å²) in [5, 5.41) is 2.39. The molecule has 0 saturated carbocycles. The van der Waals surface area contributed by atoms with E-state index in [9.17, 15) is 0 Å². The fourth-order valence-electron chi connectivity index (χ4n) is 1.85. The van der Waals surface area contributed by atoms with Gasteiger partial charge in [-0.25, -0.2) is 0 Å². The predicted octanol–water partition coefficient (Wildman–Crippen LogP) is 4.77. The van der Waals surface area contributed by atoms with Gasteiger partial charge in [0.2, 0.25) is 0 Å². The molecule has 0 aliphatic rings. The van der Waals surface area contributed by atoms with Gasteiger partial charge in [0.15, 0.2) is 0 Å². The van der Waals surface area contributed by atoms with Crippen molar-refractivity contribution in [3.63, 3.8) is 0 Å². The van der Waals surface area contributed by atoms with Crippen molar-refractivity contribution in [3.8, 4) is 0 Å². The third-order valence-electron chi connectivity index (χ3n) is 2.74. The standard InChI is InChI=1S/C17H17N/c1-3-5-9-14(8-4-2)17-12-15-10-6-7-11-16(15)13-18-17/h3-13H,1-2H3/b5-3-,8-4-,14-9+. The molecule has 1 aromatic heterocycles. The van der Waals surface area contributed by atoms with E-state index in [-0.39, 0.29) is 0 Å². The highest BCUT2D eigenvalue weighted by Crippen LogP contribution is 2.19. The van der Waals surface area contributed by atoms with Gasteiger partial charge in [0, 0.05) is 11.6 Å². The van der Waals surface area contributed by atoms with Crippen LogP contribution >= 0.6 is 0 Å². The SMILES string of the molecule is C\C=C/C=C(\C=C/C)c1cc2ccccc2cn1. The van der Waals surface area contributed by atoms with Gasteiger partial charge >= 0.3 is 0 Å². The maximum absolute atomic E-state index is 4.53. The predicted molar refractivity (Wildman–Crippen MR) is 79.3 cm³/mol. The molecule has 0 N–H and O–H groups in total. The Morgan fingerprint density at radius 1 is 1.06 bits per heavy atom. The molecule has 0 spiro atoms. The quantitative estimate of drug-likeness (QED) is 0.698. The van der Waals surface area contributed by atoms with Gasteiger partial charge in [0.25, 0.3) is 0 Å². The molecule has 0 saturated heterocycles. The average molecular weight is 235 g/mol. The number of pyridine rings is 1. The number of rotatable bonds is 3. The average Bonchev–Trinajstić information content (AvgIpc) is 2.43. The first kappa shape index (κ1) is 12.3. The molecule has 0 radical (unpaired) electrons. The third-order valence-corrected chi connectivity index (χ3v) is 2.74. The maximum atomic E-state index is 4.53. The molecule has 1 aromatic carbocycles. The second-order valence-corrected chi connectivity index (χ2v) is 4.06. The minimum absolute atomic E-state index is 1.00. The van der Waals surface area contributed by atoms with Gasteiger partial charge < -0.3 is 0 Å². The van der Waals surface area contributed by atoms with E-state index in [2.05, 4.69) is 41.4 Å². The van der Waals surface area contributed by atoms with Gasteiger partial charge in [-0.05, 0) is 30.9 Å². The Bertz CT molecular complexity index is 618. The molecule has 2 rings (SSSR count). The second kappa shape index (κ2) is 5.97. The molecule has 90 valence electrons. The minimum atomic E-state index is 1.00. The molecule has 1 heteroatoms. The Morgan fingerprint density at radius 3 is 2.56 bits per heavy atom. The van der Waals surface area contributed by atoms with Gasteiger partial charge in [-0.3, -0.25) is 4.98 Å². The Morgan fingerprint density at radius 2 is 1.83 bits per heavy atom. The number of aromatic nitrogens is 1. The van der Waals surface area contributed by atoms with Gasteiger partial charge in [-0.1, -0.05) is 54.6 Å². The van der Waals surface area contributed by atoms with Crippen molar-refractivity contribution < 1.29 is 0 Å². The zero-order valence-electron chi connectivity index (χ0n) is 10.8. The Kier molecular flexibility index (Phi) is 4.08. The van der Waals surface area contributed by atoms with Crippen LogP contribution in [0.3, 0.4) is 0 Å². The maximum Gasteiger partial charge on any atom is 0.0708 e. The molecule has 18 heavy (non-hydrogen) atoms. The fraction of sp³-hybridized carbons (Fsp3) is 0.118. The molecule has 2 aromatic rings. The topological polar surface area (TPSA) is 12.9 Å². The number of allylic oxidation sites excluding steroid dienone is 6. The van der Waals surface area contributed by atoms with Crippen LogP contribution in [0.1, 0.15) is 19.5 Å². The molecule has 0 aliphatic carbocycles. The molecule has 1 nitrogen and oxygen atoms in total. The van der Waals surface area contributed by atoms with Crippen LogP contribution in [-0.2, 0) is 0 Å². The van der Waals surface area contributed by atoms with Crippen molar-refractivity contribution in [3.05, 3.63) is 72.6 Å². The van der Waals surface area contributed by atoms with E-state index in [1.807, 2.05) is 44.3 Å². The molecular formula is C17H17N. The molecule has 0 fully saturated rings. The highest BCUT2D eigenvalue weighted by Gasteiger charge is 2.00. The van der Waals surface area contributed by atoms with Gasteiger partial charge in [0.1, 0.15) is 0 Å². The summed E-state index contributed by atoms with van der Waals surface area (Å²) in [7, 11) is 0. The number of fused-ring (bicyclic) bond motifs is 1. The summed E-state index contributed by atoms with van der Waals surface area (Å²) < 4.78 is 0. The van der Waals surface area contributed by atoms with Crippen molar-refractivity contribution in [2.45, 2.75) is 13.8 Å². The minimum Gasteiger partial charge on any atom is -0.256 e. The van der Waals surface area contributed by atoms with Crippen LogP contribution in [0.5, 0.6) is 0 Å². The molecule has 0 atom stereocenters. The summed E-state index contributed by atoms with van der Waals surface area (Å²) in [4.78, 5) is 4.53. The van der Waals surface area contributed by atoms with E-state index in [1.54, 1.807) is 0 Å². The summed E-state index contributed by atoms with van der Waals surface area (Å²) in [6, 6.07) is 10.4. The first-order valence-electron chi connectivity index (χ1n) is 6.16. The highest BCUT2D eigenvalue weighted by atomic mass is 14.7. The number of hydrogen-bond donors (Lipinski definition) is 0. The van der Waals surface area contributed by atoms with Crippen LogP contribution < -0.4 is 0 Å². The normalized spacial score (nSPS) is 12.9. The van der Waals surface area contributed by atoms with Gasteiger partial charge in [-0.2, -0.15) is 0 Å². The molecular weight excluding hydrogens is 218 g/mol. The van der Waals surface area contributed by atoms with E-state index in [0.29, 0.717) is 0 Å². The summed E-state index contributed by atoms with van der Waals surface area (Å²) in [5.41, 5.74) is 2.13. The third kappa shape index (κ3) is 2.75. The lowest BCUT2D eigenvalue weighted by Crippen LogP contribution is -1.87. The van der Waals surface area contributed by atoms with Crippen LogP contribution in [0.25, 0.3) is 16.3 Å². The van der Waals surface area contributed by atoms with Crippen LogP contribution in [0, 0.1) is 0 Å². The molecule has 0 unspecified atom stereocenters. The summed E-state index contributed by atoms with van der Waals surface area (Å²) in [6.07, 6.45) is 12.2. The van der Waals surface area contributed by atoms with Crippen molar-refractivity contribution in [1.29, 1.82) is 0 Å².